The lowest BCUT2D eigenvalue weighted by Crippen LogP contribution is -2.09. The van der Waals surface area contributed by atoms with Crippen molar-refractivity contribution in [3.63, 3.8) is 0 Å². The molecule has 0 saturated heterocycles. The topological polar surface area (TPSA) is 63.6 Å². The van der Waals surface area contributed by atoms with E-state index in [4.69, 9.17) is 9.84 Å². The SMILES string of the molecule is O=C(O)COc1ccc(/C=C/C(=O)c2cccs2)cc1. The predicted molar refractivity (Wildman–Crippen MR) is 77.3 cm³/mol. The minimum absolute atomic E-state index is 0.0359. The van der Waals surface area contributed by atoms with Crippen molar-refractivity contribution in [1.29, 1.82) is 0 Å². The third-order valence-electron chi connectivity index (χ3n) is 2.43. The van der Waals surface area contributed by atoms with Gasteiger partial charge in [0.05, 0.1) is 4.88 Å². The minimum Gasteiger partial charge on any atom is -0.482 e. The number of carbonyl (C=O) groups is 2. The summed E-state index contributed by atoms with van der Waals surface area (Å²) in [5, 5.41) is 10.3. The molecule has 1 aromatic heterocycles. The number of carbonyl (C=O) groups excluding carboxylic acids is 1. The molecule has 0 saturated carbocycles. The quantitative estimate of drug-likeness (QED) is 0.655. The highest BCUT2D eigenvalue weighted by molar-refractivity contribution is 7.12. The van der Waals surface area contributed by atoms with E-state index in [1.165, 1.54) is 17.4 Å². The molecule has 1 heterocycles. The third kappa shape index (κ3) is 4.07. The van der Waals surface area contributed by atoms with Crippen LogP contribution in [0, 0.1) is 0 Å². The first-order valence-corrected chi connectivity index (χ1v) is 6.74. The molecule has 0 fully saturated rings. The second kappa shape index (κ2) is 6.68. The van der Waals surface area contributed by atoms with Crippen LogP contribution in [0.2, 0.25) is 0 Å². The molecule has 0 aliphatic rings. The van der Waals surface area contributed by atoms with E-state index in [-0.39, 0.29) is 12.4 Å². The highest BCUT2D eigenvalue weighted by Crippen LogP contribution is 2.14. The third-order valence-corrected chi connectivity index (χ3v) is 3.32. The van der Waals surface area contributed by atoms with Crippen molar-refractivity contribution in [3.8, 4) is 5.75 Å². The monoisotopic (exact) mass is 288 g/mol. The second-order valence-corrected chi connectivity index (χ2v) is 4.87. The number of ketones is 1. The van der Waals surface area contributed by atoms with Gasteiger partial charge in [0.25, 0.3) is 0 Å². The molecule has 4 nitrogen and oxygen atoms in total. The highest BCUT2D eigenvalue weighted by atomic mass is 32.1. The summed E-state index contributed by atoms with van der Waals surface area (Å²) in [5.74, 6) is -0.573. The molecule has 0 bridgehead atoms. The van der Waals surface area contributed by atoms with E-state index in [2.05, 4.69) is 0 Å². The molecule has 2 aromatic rings. The molecule has 2 rings (SSSR count). The van der Waals surface area contributed by atoms with Crippen molar-refractivity contribution >= 4 is 29.2 Å². The average molecular weight is 288 g/mol. The van der Waals surface area contributed by atoms with Crippen LogP contribution in [0.3, 0.4) is 0 Å². The lowest BCUT2D eigenvalue weighted by atomic mass is 10.2. The summed E-state index contributed by atoms with van der Waals surface area (Å²) in [4.78, 5) is 22.8. The van der Waals surface area contributed by atoms with E-state index in [0.29, 0.717) is 10.6 Å². The Kier molecular flexibility index (Phi) is 4.68. The van der Waals surface area contributed by atoms with Crippen molar-refractivity contribution in [3.05, 3.63) is 58.3 Å². The first-order chi connectivity index (χ1) is 9.65. The Hall–Kier alpha value is -2.40. The van der Waals surface area contributed by atoms with Gasteiger partial charge in [0, 0.05) is 0 Å². The summed E-state index contributed by atoms with van der Waals surface area (Å²) < 4.78 is 5.02. The van der Waals surface area contributed by atoms with Crippen molar-refractivity contribution < 1.29 is 19.4 Å². The Labute approximate surface area is 119 Å². The van der Waals surface area contributed by atoms with Crippen LogP contribution >= 0.6 is 11.3 Å². The standard InChI is InChI=1S/C15H12O4S/c16-13(14-2-1-9-20-14)8-5-11-3-6-12(7-4-11)19-10-15(17)18/h1-9H,10H2,(H,17,18)/b8-5+. The maximum atomic E-state index is 11.8. The fraction of sp³-hybridized carbons (Fsp3) is 0.0667. The first-order valence-electron chi connectivity index (χ1n) is 5.86. The van der Waals surface area contributed by atoms with Gasteiger partial charge in [-0.25, -0.2) is 4.79 Å². The average Bonchev–Trinajstić information content (AvgIpc) is 2.98. The van der Waals surface area contributed by atoms with Crippen LogP contribution in [0.4, 0.5) is 0 Å². The Morgan fingerprint density at radius 1 is 1.20 bits per heavy atom. The number of aliphatic carboxylic acids is 1. The van der Waals surface area contributed by atoms with Gasteiger partial charge >= 0.3 is 5.97 Å². The van der Waals surface area contributed by atoms with E-state index in [0.717, 1.165) is 5.56 Å². The number of hydrogen-bond donors (Lipinski definition) is 1. The Balaban J connectivity index is 1.96. The van der Waals surface area contributed by atoms with Crippen LogP contribution in [-0.2, 0) is 4.79 Å². The van der Waals surface area contributed by atoms with Crippen molar-refractivity contribution in [2.75, 3.05) is 6.61 Å². The summed E-state index contributed by atoms with van der Waals surface area (Å²) >= 11 is 1.40. The van der Waals surface area contributed by atoms with Gasteiger partial charge in [-0.1, -0.05) is 24.3 Å². The van der Waals surface area contributed by atoms with Crippen LogP contribution in [0.25, 0.3) is 6.08 Å². The molecule has 0 amide bonds. The number of benzene rings is 1. The van der Waals surface area contributed by atoms with Gasteiger partial charge in [-0.2, -0.15) is 0 Å². The molecule has 0 radical (unpaired) electrons. The molecule has 0 unspecified atom stereocenters. The zero-order chi connectivity index (χ0) is 14.4. The van der Waals surface area contributed by atoms with E-state index in [9.17, 15) is 9.59 Å². The number of carboxylic acids is 1. The maximum absolute atomic E-state index is 11.8. The van der Waals surface area contributed by atoms with E-state index in [1.54, 1.807) is 36.4 Å². The lowest BCUT2D eigenvalue weighted by Gasteiger charge is -2.02. The highest BCUT2D eigenvalue weighted by Gasteiger charge is 2.02. The largest absolute Gasteiger partial charge is 0.482 e. The predicted octanol–water partition coefficient (Wildman–Crippen LogP) is 3.11. The number of ether oxygens (including phenoxy) is 1. The molecule has 1 N–H and O–H groups in total. The number of thiophene rings is 1. The van der Waals surface area contributed by atoms with Crippen molar-refractivity contribution in [2.24, 2.45) is 0 Å². The molecule has 0 spiro atoms. The van der Waals surface area contributed by atoms with Crippen LogP contribution in [-0.4, -0.2) is 23.5 Å². The Morgan fingerprint density at radius 2 is 1.95 bits per heavy atom. The molecule has 5 heteroatoms. The lowest BCUT2D eigenvalue weighted by molar-refractivity contribution is -0.139. The molecular formula is C15H12O4S. The van der Waals surface area contributed by atoms with Crippen LogP contribution in [0.5, 0.6) is 5.75 Å². The van der Waals surface area contributed by atoms with Gasteiger partial charge in [0.15, 0.2) is 12.4 Å². The number of hydrogen-bond acceptors (Lipinski definition) is 4. The summed E-state index contributed by atoms with van der Waals surface area (Å²) in [5.41, 5.74) is 0.845. The summed E-state index contributed by atoms with van der Waals surface area (Å²) in [6.07, 6.45) is 3.22. The molecule has 1 aromatic carbocycles. The first kappa shape index (κ1) is 14.0. The van der Waals surface area contributed by atoms with Gasteiger partial charge in [0.2, 0.25) is 0 Å². The molecule has 0 aliphatic heterocycles. The molecule has 0 atom stereocenters. The van der Waals surface area contributed by atoms with Gasteiger partial charge < -0.3 is 9.84 Å². The fourth-order valence-corrected chi connectivity index (χ4v) is 2.14. The maximum Gasteiger partial charge on any atom is 0.341 e. The summed E-state index contributed by atoms with van der Waals surface area (Å²) in [7, 11) is 0. The van der Waals surface area contributed by atoms with Crippen LogP contribution in [0.15, 0.2) is 47.9 Å². The zero-order valence-electron chi connectivity index (χ0n) is 10.5. The van der Waals surface area contributed by atoms with Gasteiger partial charge in [-0.05, 0) is 35.2 Å². The van der Waals surface area contributed by atoms with Crippen LogP contribution in [0.1, 0.15) is 15.2 Å². The molecule has 0 aliphatic carbocycles. The second-order valence-electron chi connectivity index (χ2n) is 3.93. The number of rotatable bonds is 6. The van der Waals surface area contributed by atoms with Gasteiger partial charge in [-0.15, -0.1) is 11.3 Å². The molecule has 20 heavy (non-hydrogen) atoms. The van der Waals surface area contributed by atoms with E-state index in [1.807, 2.05) is 11.4 Å². The zero-order valence-corrected chi connectivity index (χ0v) is 11.3. The number of allylic oxidation sites excluding steroid dienone is 1. The van der Waals surface area contributed by atoms with Crippen molar-refractivity contribution in [2.45, 2.75) is 0 Å². The fourth-order valence-electron chi connectivity index (χ4n) is 1.49. The van der Waals surface area contributed by atoms with Crippen LogP contribution < -0.4 is 4.74 Å². The van der Waals surface area contributed by atoms with Gasteiger partial charge in [0.1, 0.15) is 5.75 Å². The van der Waals surface area contributed by atoms with Gasteiger partial charge in [-0.3, -0.25) is 4.79 Å². The minimum atomic E-state index is -1.02. The number of carboxylic acid groups (broad SMARTS) is 1. The van der Waals surface area contributed by atoms with E-state index >= 15 is 0 Å². The normalized spacial score (nSPS) is 10.6. The Bertz CT molecular complexity index is 612. The molecule has 102 valence electrons. The summed E-state index contributed by atoms with van der Waals surface area (Å²) in [6.45, 7) is -0.369. The van der Waals surface area contributed by atoms with Crippen molar-refractivity contribution in [1.82, 2.24) is 0 Å². The van der Waals surface area contributed by atoms with E-state index < -0.39 is 5.97 Å². The molecular weight excluding hydrogens is 276 g/mol. The summed E-state index contributed by atoms with van der Waals surface area (Å²) in [6, 6.07) is 10.5. The smallest absolute Gasteiger partial charge is 0.341 e. The Morgan fingerprint density at radius 3 is 2.55 bits per heavy atom.